The molecule has 2 saturated carbocycles. The third kappa shape index (κ3) is 3.22. The molecule has 1 aromatic carbocycles. The average Bonchev–Trinajstić information content (AvgIpc) is 2.62. The van der Waals surface area contributed by atoms with Gasteiger partial charge in [-0.25, -0.2) is 0 Å². The smallest absolute Gasteiger partial charge is 0.0618 e. The summed E-state index contributed by atoms with van der Waals surface area (Å²) in [5.41, 5.74) is 2.28. The average molecular weight is 341 g/mol. The summed E-state index contributed by atoms with van der Waals surface area (Å²) in [5, 5.41) is 20.6. The van der Waals surface area contributed by atoms with Gasteiger partial charge in [-0.2, -0.15) is 0 Å². The molecule has 0 amide bonds. The third-order valence-electron chi connectivity index (χ3n) is 7.18. The van der Waals surface area contributed by atoms with Gasteiger partial charge in [0, 0.05) is 5.41 Å². The van der Waals surface area contributed by atoms with Crippen molar-refractivity contribution in [2.24, 2.45) is 22.7 Å². The van der Waals surface area contributed by atoms with Crippen molar-refractivity contribution in [2.45, 2.75) is 52.1 Å². The minimum absolute atomic E-state index is 0.0630. The maximum Gasteiger partial charge on any atom is 0.0618 e. The van der Waals surface area contributed by atoms with Crippen LogP contribution in [-0.2, 0) is 0 Å². The first-order chi connectivity index (χ1) is 11.9. The molecule has 3 rings (SSSR count). The van der Waals surface area contributed by atoms with Crippen LogP contribution in [0.15, 0.2) is 48.6 Å². The normalized spacial score (nSPS) is 38.7. The van der Waals surface area contributed by atoms with E-state index >= 15 is 0 Å². The molecule has 0 spiro atoms. The van der Waals surface area contributed by atoms with Crippen molar-refractivity contribution >= 4 is 6.08 Å². The Morgan fingerprint density at radius 1 is 1.20 bits per heavy atom. The van der Waals surface area contributed by atoms with Crippen LogP contribution in [0.25, 0.3) is 6.08 Å². The Morgan fingerprint density at radius 3 is 2.60 bits per heavy atom. The second kappa shape index (κ2) is 7.09. The highest BCUT2D eigenvalue weighted by Gasteiger charge is 2.57. The van der Waals surface area contributed by atoms with Gasteiger partial charge in [0.1, 0.15) is 0 Å². The molecule has 1 unspecified atom stereocenters. The van der Waals surface area contributed by atoms with Gasteiger partial charge in [0.15, 0.2) is 0 Å². The van der Waals surface area contributed by atoms with E-state index < -0.39 is 11.5 Å². The lowest BCUT2D eigenvalue weighted by Crippen LogP contribution is -2.57. The molecule has 0 bridgehead atoms. The number of rotatable bonds is 4. The second-order valence-electron chi connectivity index (χ2n) is 8.58. The molecule has 2 heteroatoms. The topological polar surface area (TPSA) is 40.5 Å². The molecular weight excluding hydrogens is 308 g/mol. The number of aliphatic hydroxyl groups excluding tert-OH is 2. The van der Waals surface area contributed by atoms with E-state index in [9.17, 15) is 10.2 Å². The predicted octanol–water partition coefficient (Wildman–Crippen LogP) is 4.83. The standard InChI is InChI=1S/C23H32O2/c1-17-12-13-20-22(2,15-14-21(25)23(20,3)16-24)19(17)11-7-10-18-8-5-4-6-9-18/h4-10,19-21,24-25H,1,11-16H2,2-3H3/b10-7+/t19-,20?,21-,22+,23+/m1/s1. The number of hydrogen-bond acceptors (Lipinski definition) is 2. The van der Waals surface area contributed by atoms with Crippen molar-refractivity contribution in [1.82, 2.24) is 0 Å². The van der Waals surface area contributed by atoms with Crippen LogP contribution in [0.5, 0.6) is 0 Å². The lowest BCUT2D eigenvalue weighted by molar-refractivity contribution is -0.151. The van der Waals surface area contributed by atoms with Crippen LogP contribution in [0.2, 0.25) is 0 Å². The second-order valence-corrected chi connectivity index (χ2v) is 8.58. The van der Waals surface area contributed by atoms with Crippen molar-refractivity contribution in [3.8, 4) is 0 Å². The minimum Gasteiger partial charge on any atom is -0.396 e. The van der Waals surface area contributed by atoms with E-state index in [0.29, 0.717) is 11.8 Å². The van der Waals surface area contributed by atoms with Gasteiger partial charge in [0.25, 0.3) is 0 Å². The molecular formula is C23H32O2. The van der Waals surface area contributed by atoms with Crippen molar-refractivity contribution in [1.29, 1.82) is 0 Å². The van der Waals surface area contributed by atoms with E-state index in [1.807, 2.05) is 6.07 Å². The largest absolute Gasteiger partial charge is 0.396 e. The predicted molar refractivity (Wildman–Crippen MR) is 104 cm³/mol. The summed E-state index contributed by atoms with van der Waals surface area (Å²) in [5.74, 6) is 0.763. The van der Waals surface area contributed by atoms with Crippen LogP contribution in [0.4, 0.5) is 0 Å². The van der Waals surface area contributed by atoms with E-state index in [1.165, 1.54) is 11.1 Å². The number of allylic oxidation sites excluding steroid dienone is 2. The molecule has 2 fully saturated rings. The fraction of sp³-hybridized carbons (Fsp3) is 0.565. The van der Waals surface area contributed by atoms with Gasteiger partial charge in [0.05, 0.1) is 12.7 Å². The molecule has 2 N–H and O–H groups in total. The van der Waals surface area contributed by atoms with E-state index in [-0.39, 0.29) is 12.0 Å². The fourth-order valence-electron chi connectivity index (χ4n) is 5.54. The van der Waals surface area contributed by atoms with Crippen molar-refractivity contribution < 1.29 is 10.2 Å². The number of hydrogen-bond donors (Lipinski definition) is 2. The number of fused-ring (bicyclic) bond motifs is 1. The quantitative estimate of drug-likeness (QED) is 0.771. The first kappa shape index (κ1) is 18.4. The minimum atomic E-state index is -0.401. The number of aliphatic hydroxyl groups is 2. The first-order valence-electron chi connectivity index (χ1n) is 9.60. The van der Waals surface area contributed by atoms with Gasteiger partial charge in [-0.15, -0.1) is 0 Å². The fourth-order valence-corrected chi connectivity index (χ4v) is 5.54. The lowest BCUT2D eigenvalue weighted by Gasteiger charge is -2.59. The summed E-state index contributed by atoms with van der Waals surface area (Å²) in [6.45, 7) is 8.89. The molecule has 2 aliphatic carbocycles. The Balaban J connectivity index is 1.83. The summed E-state index contributed by atoms with van der Waals surface area (Å²) in [6, 6.07) is 10.4. The zero-order valence-corrected chi connectivity index (χ0v) is 15.6. The monoisotopic (exact) mass is 340 g/mol. The summed E-state index contributed by atoms with van der Waals surface area (Å²) in [7, 11) is 0. The molecule has 25 heavy (non-hydrogen) atoms. The molecule has 1 aromatic rings. The van der Waals surface area contributed by atoms with Crippen molar-refractivity contribution in [3.05, 3.63) is 54.1 Å². The Hall–Kier alpha value is -1.38. The Bertz CT molecular complexity index is 635. The van der Waals surface area contributed by atoms with Gasteiger partial charge in [0.2, 0.25) is 0 Å². The highest BCUT2D eigenvalue weighted by molar-refractivity contribution is 5.48. The van der Waals surface area contributed by atoms with E-state index in [4.69, 9.17) is 0 Å². The lowest BCUT2D eigenvalue weighted by atomic mass is 9.46. The summed E-state index contributed by atoms with van der Waals surface area (Å²) in [4.78, 5) is 0. The molecule has 0 saturated heterocycles. The first-order valence-corrected chi connectivity index (χ1v) is 9.60. The molecule has 2 aliphatic rings. The molecule has 0 aliphatic heterocycles. The van der Waals surface area contributed by atoms with Crippen LogP contribution >= 0.6 is 0 Å². The van der Waals surface area contributed by atoms with E-state index in [0.717, 1.165) is 32.1 Å². The van der Waals surface area contributed by atoms with Crippen LogP contribution in [0, 0.1) is 22.7 Å². The maximum absolute atomic E-state index is 10.6. The molecule has 0 radical (unpaired) electrons. The molecule has 5 atom stereocenters. The Labute approximate surface area is 152 Å². The van der Waals surface area contributed by atoms with Crippen LogP contribution in [0.1, 0.15) is 51.5 Å². The summed E-state index contributed by atoms with van der Waals surface area (Å²) < 4.78 is 0. The van der Waals surface area contributed by atoms with Gasteiger partial charge >= 0.3 is 0 Å². The maximum atomic E-state index is 10.6. The van der Waals surface area contributed by atoms with E-state index in [2.05, 4.69) is 56.8 Å². The van der Waals surface area contributed by atoms with E-state index in [1.54, 1.807) is 0 Å². The summed E-state index contributed by atoms with van der Waals surface area (Å²) >= 11 is 0. The Morgan fingerprint density at radius 2 is 1.92 bits per heavy atom. The van der Waals surface area contributed by atoms with Crippen molar-refractivity contribution in [2.75, 3.05) is 6.61 Å². The zero-order chi connectivity index (χ0) is 18.1. The van der Waals surface area contributed by atoms with Gasteiger partial charge < -0.3 is 10.2 Å². The molecule has 2 nitrogen and oxygen atoms in total. The Kier molecular flexibility index (Phi) is 5.22. The van der Waals surface area contributed by atoms with Gasteiger partial charge in [-0.05, 0) is 54.9 Å². The SMILES string of the molecule is C=C1CCC2[C@](C)(CO)[C@H](O)CC[C@@]2(C)[C@@H]1C/C=C/c1ccccc1. The molecule has 0 heterocycles. The third-order valence-corrected chi connectivity index (χ3v) is 7.18. The zero-order valence-electron chi connectivity index (χ0n) is 15.6. The molecule has 136 valence electrons. The van der Waals surface area contributed by atoms with Crippen LogP contribution in [-0.4, -0.2) is 22.9 Å². The van der Waals surface area contributed by atoms with Crippen molar-refractivity contribution in [3.63, 3.8) is 0 Å². The van der Waals surface area contributed by atoms with Gasteiger partial charge in [-0.1, -0.05) is 68.5 Å². The van der Waals surface area contributed by atoms with Gasteiger partial charge in [-0.3, -0.25) is 0 Å². The van der Waals surface area contributed by atoms with Crippen LogP contribution < -0.4 is 0 Å². The number of benzene rings is 1. The molecule has 0 aromatic heterocycles. The van der Waals surface area contributed by atoms with Crippen LogP contribution in [0.3, 0.4) is 0 Å². The highest BCUT2D eigenvalue weighted by atomic mass is 16.3. The highest BCUT2D eigenvalue weighted by Crippen LogP contribution is 2.61. The summed E-state index contributed by atoms with van der Waals surface area (Å²) in [6.07, 6.45) is 8.88.